The van der Waals surface area contributed by atoms with Gasteiger partial charge in [-0.25, -0.2) is 4.68 Å². The highest BCUT2D eigenvalue weighted by Gasteiger charge is 2.12. The van der Waals surface area contributed by atoms with Gasteiger partial charge in [-0.2, -0.15) is 5.10 Å². The Morgan fingerprint density at radius 2 is 2.29 bits per heavy atom. The number of hydrogen-bond donors (Lipinski definition) is 0. The Balaban J connectivity index is 2.55. The summed E-state index contributed by atoms with van der Waals surface area (Å²) >= 11 is 0. The van der Waals surface area contributed by atoms with Crippen molar-refractivity contribution in [3.8, 4) is 11.4 Å². The van der Waals surface area contributed by atoms with Gasteiger partial charge in [0, 0.05) is 24.4 Å². The number of ketones is 1. The fourth-order valence-corrected chi connectivity index (χ4v) is 1.67. The Labute approximate surface area is 99.8 Å². The van der Waals surface area contributed by atoms with Crippen molar-refractivity contribution in [2.45, 2.75) is 13.3 Å². The van der Waals surface area contributed by atoms with E-state index in [1.807, 2.05) is 31.3 Å². The Kier molecular flexibility index (Phi) is 3.23. The van der Waals surface area contributed by atoms with Crippen LogP contribution in [0.4, 0.5) is 0 Å². The van der Waals surface area contributed by atoms with Gasteiger partial charge in [-0.05, 0) is 24.3 Å². The summed E-state index contributed by atoms with van der Waals surface area (Å²) in [4.78, 5) is 11.9. The summed E-state index contributed by atoms with van der Waals surface area (Å²) in [6, 6.07) is 7.24. The lowest BCUT2D eigenvalue weighted by molar-refractivity contribution is 0.0987. The van der Waals surface area contributed by atoms with Crippen molar-refractivity contribution in [1.29, 1.82) is 0 Å². The van der Waals surface area contributed by atoms with Crippen LogP contribution >= 0.6 is 0 Å². The van der Waals surface area contributed by atoms with Crippen LogP contribution in [-0.4, -0.2) is 22.7 Å². The van der Waals surface area contributed by atoms with E-state index in [2.05, 4.69) is 5.10 Å². The molecule has 0 amide bonds. The molecule has 1 heterocycles. The molecule has 0 aliphatic rings. The summed E-state index contributed by atoms with van der Waals surface area (Å²) in [6.07, 6.45) is 3.96. The number of ether oxygens (including phenoxy) is 1. The second-order valence-corrected chi connectivity index (χ2v) is 3.61. The van der Waals surface area contributed by atoms with Gasteiger partial charge in [-0.1, -0.05) is 6.92 Å². The number of hydrogen-bond acceptors (Lipinski definition) is 3. The number of aromatic nitrogens is 2. The van der Waals surface area contributed by atoms with E-state index in [0.29, 0.717) is 17.7 Å². The maximum Gasteiger partial charge on any atom is 0.164 e. The van der Waals surface area contributed by atoms with E-state index in [9.17, 15) is 4.79 Å². The van der Waals surface area contributed by atoms with E-state index in [1.54, 1.807) is 24.1 Å². The molecular formula is C13H14N2O2. The highest BCUT2D eigenvalue weighted by Crippen LogP contribution is 2.21. The lowest BCUT2D eigenvalue weighted by Crippen LogP contribution is -2.06. The molecule has 0 N–H and O–H groups in total. The van der Waals surface area contributed by atoms with Gasteiger partial charge in [0.15, 0.2) is 5.78 Å². The molecule has 0 radical (unpaired) electrons. The predicted octanol–water partition coefficient (Wildman–Crippen LogP) is 2.47. The summed E-state index contributed by atoms with van der Waals surface area (Å²) in [6.45, 7) is 1.84. The summed E-state index contributed by atoms with van der Waals surface area (Å²) in [5.41, 5.74) is 1.42. The summed E-state index contributed by atoms with van der Waals surface area (Å²) in [5, 5.41) is 4.14. The van der Waals surface area contributed by atoms with Crippen LogP contribution in [0.1, 0.15) is 23.7 Å². The van der Waals surface area contributed by atoms with E-state index < -0.39 is 0 Å². The van der Waals surface area contributed by atoms with Crippen LogP contribution in [0.3, 0.4) is 0 Å². The Bertz CT molecular complexity index is 518. The van der Waals surface area contributed by atoms with Crippen LogP contribution in [-0.2, 0) is 0 Å². The van der Waals surface area contributed by atoms with Crippen molar-refractivity contribution in [2.24, 2.45) is 0 Å². The predicted molar refractivity (Wildman–Crippen MR) is 64.7 cm³/mol. The minimum absolute atomic E-state index is 0.0781. The van der Waals surface area contributed by atoms with Gasteiger partial charge in [0.25, 0.3) is 0 Å². The first-order valence-electron chi connectivity index (χ1n) is 5.47. The fourth-order valence-electron chi connectivity index (χ4n) is 1.67. The van der Waals surface area contributed by atoms with Gasteiger partial charge in [-0.15, -0.1) is 0 Å². The number of benzene rings is 1. The SMILES string of the molecule is CCC(=O)c1cc(OC)ccc1-n1cccn1. The van der Waals surface area contributed by atoms with Gasteiger partial charge < -0.3 is 4.74 Å². The number of rotatable bonds is 4. The molecule has 4 heteroatoms. The van der Waals surface area contributed by atoms with Crippen molar-refractivity contribution in [3.05, 3.63) is 42.2 Å². The zero-order valence-electron chi connectivity index (χ0n) is 9.88. The van der Waals surface area contributed by atoms with Gasteiger partial charge in [0.05, 0.1) is 12.8 Å². The fraction of sp³-hybridized carbons (Fsp3) is 0.231. The minimum Gasteiger partial charge on any atom is -0.497 e. The minimum atomic E-state index is 0.0781. The number of carbonyl (C=O) groups excluding carboxylic acids is 1. The maximum absolute atomic E-state index is 11.9. The third kappa shape index (κ3) is 2.20. The average molecular weight is 230 g/mol. The van der Waals surface area contributed by atoms with E-state index in [0.717, 1.165) is 5.69 Å². The summed E-state index contributed by atoms with van der Waals surface area (Å²) < 4.78 is 6.82. The van der Waals surface area contributed by atoms with E-state index >= 15 is 0 Å². The van der Waals surface area contributed by atoms with Crippen molar-refractivity contribution in [3.63, 3.8) is 0 Å². The van der Waals surface area contributed by atoms with Gasteiger partial charge in [0.1, 0.15) is 5.75 Å². The molecule has 0 spiro atoms. The number of carbonyl (C=O) groups is 1. The number of methoxy groups -OCH3 is 1. The maximum atomic E-state index is 11.9. The Hall–Kier alpha value is -2.10. The first-order chi connectivity index (χ1) is 8.26. The van der Waals surface area contributed by atoms with Crippen molar-refractivity contribution >= 4 is 5.78 Å². The monoisotopic (exact) mass is 230 g/mol. The molecule has 4 nitrogen and oxygen atoms in total. The molecule has 0 fully saturated rings. The zero-order valence-corrected chi connectivity index (χ0v) is 9.88. The first kappa shape index (κ1) is 11.4. The van der Waals surface area contributed by atoms with Crippen molar-refractivity contribution in [1.82, 2.24) is 9.78 Å². The number of nitrogens with zero attached hydrogens (tertiary/aromatic N) is 2. The van der Waals surface area contributed by atoms with Crippen LogP contribution in [0.2, 0.25) is 0 Å². The molecule has 0 unspecified atom stereocenters. The van der Waals surface area contributed by atoms with Crippen molar-refractivity contribution < 1.29 is 9.53 Å². The lowest BCUT2D eigenvalue weighted by atomic mass is 10.1. The second-order valence-electron chi connectivity index (χ2n) is 3.61. The summed E-state index contributed by atoms with van der Waals surface area (Å²) in [5.74, 6) is 0.757. The normalized spacial score (nSPS) is 10.2. The molecule has 1 aromatic carbocycles. The van der Waals surface area contributed by atoms with Gasteiger partial charge in [0.2, 0.25) is 0 Å². The van der Waals surface area contributed by atoms with E-state index in [1.165, 1.54) is 0 Å². The van der Waals surface area contributed by atoms with Crippen LogP contribution in [0, 0.1) is 0 Å². The Morgan fingerprint density at radius 1 is 1.47 bits per heavy atom. The molecule has 0 aliphatic heterocycles. The van der Waals surface area contributed by atoms with Gasteiger partial charge in [-0.3, -0.25) is 4.79 Å². The van der Waals surface area contributed by atoms with Crippen molar-refractivity contribution in [2.75, 3.05) is 7.11 Å². The smallest absolute Gasteiger partial charge is 0.164 e. The highest BCUT2D eigenvalue weighted by atomic mass is 16.5. The average Bonchev–Trinajstić information content (AvgIpc) is 2.90. The quantitative estimate of drug-likeness (QED) is 0.758. The molecule has 2 rings (SSSR count). The third-order valence-electron chi connectivity index (χ3n) is 2.58. The molecule has 0 saturated heterocycles. The van der Waals surface area contributed by atoms with Crippen LogP contribution in [0.5, 0.6) is 5.75 Å². The standard InChI is InChI=1S/C13H14N2O2/c1-3-13(16)11-9-10(17-2)5-6-12(11)15-8-4-7-14-15/h4-9H,3H2,1-2H3. The molecule has 0 aliphatic carbocycles. The first-order valence-corrected chi connectivity index (χ1v) is 5.47. The van der Waals surface area contributed by atoms with Crippen LogP contribution in [0.25, 0.3) is 5.69 Å². The Morgan fingerprint density at radius 3 is 2.88 bits per heavy atom. The largest absolute Gasteiger partial charge is 0.497 e. The molecule has 1 aromatic heterocycles. The van der Waals surface area contributed by atoms with E-state index in [-0.39, 0.29) is 5.78 Å². The van der Waals surface area contributed by atoms with E-state index in [4.69, 9.17) is 4.74 Å². The molecular weight excluding hydrogens is 216 g/mol. The molecule has 0 atom stereocenters. The molecule has 0 bridgehead atoms. The molecule has 88 valence electrons. The second kappa shape index (κ2) is 4.82. The lowest BCUT2D eigenvalue weighted by Gasteiger charge is -2.09. The molecule has 17 heavy (non-hydrogen) atoms. The zero-order chi connectivity index (χ0) is 12.3. The van der Waals surface area contributed by atoms with Gasteiger partial charge >= 0.3 is 0 Å². The van der Waals surface area contributed by atoms with Crippen LogP contribution < -0.4 is 4.74 Å². The molecule has 2 aromatic rings. The molecule has 0 saturated carbocycles. The summed E-state index contributed by atoms with van der Waals surface area (Å²) in [7, 11) is 1.59. The topological polar surface area (TPSA) is 44.1 Å². The number of Topliss-reactive ketones (excluding diaryl/α,β-unsaturated/α-hetero) is 1. The highest BCUT2D eigenvalue weighted by molar-refractivity contribution is 5.99. The van der Waals surface area contributed by atoms with Crippen LogP contribution in [0.15, 0.2) is 36.7 Å². The third-order valence-corrected chi connectivity index (χ3v) is 2.58.